The van der Waals surface area contributed by atoms with Crippen molar-refractivity contribution in [1.82, 2.24) is 15.0 Å². The normalized spacial score (nSPS) is 11.3. The Labute approximate surface area is 174 Å². The van der Waals surface area contributed by atoms with Gasteiger partial charge in [0.05, 0.1) is 5.69 Å². The Kier molecular flexibility index (Phi) is 4.29. The van der Waals surface area contributed by atoms with Crippen LogP contribution in [-0.4, -0.2) is 15.0 Å². The Bertz CT molecular complexity index is 1310. The first-order chi connectivity index (χ1) is 14.1. The third kappa shape index (κ3) is 3.15. The first-order valence-electron chi connectivity index (χ1n) is 9.68. The van der Waals surface area contributed by atoms with E-state index >= 15 is 0 Å². The molecule has 3 nitrogen and oxygen atoms in total. The van der Waals surface area contributed by atoms with Gasteiger partial charge in [-0.3, -0.25) is 4.98 Å². The van der Waals surface area contributed by atoms with Gasteiger partial charge in [0.15, 0.2) is 0 Å². The Morgan fingerprint density at radius 3 is 2.45 bits per heavy atom. The van der Waals surface area contributed by atoms with E-state index in [2.05, 4.69) is 79.3 Å². The fraction of sp³-hybridized carbons (Fsp3) is 0.120. The summed E-state index contributed by atoms with van der Waals surface area (Å²) < 4.78 is 0. The maximum absolute atomic E-state index is 4.92. The summed E-state index contributed by atoms with van der Waals surface area (Å²) in [6.07, 6.45) is 3.66. The Morgan fingerprint density at radius 1 is 0.862 bits per heavy atom. The number of H-pyrrole nitrogens is 1. The zero-order valence-electron chi connectivity index (χ0n) is 16.7. The SMILES string of the molecule is Cc1cccc(C)c1-c1cc2cc(-c3nc(-c4cccnc4)sc3C)ccc2[nH]1. The predicted octanol–water partition coefficient (Wildman–Crippen LogP) is 6.95. The van der Waals surface area contributed by atoms with E-state index in [1.54, 1.807) is 17.5 Å². The zero-order valence-corrected chi connectivity index (χ0v) is 17.5. The minimum Gasteiger partial charge on any atom is -0.355 e. The molecule has 3 heterocycles. The maximum atomic E-state index is 4.92. The van der Waals surface area contributed by atoms with Gasteiger partial charge in [-0.25, -0.2) is 4.98 Å². The minimum absolute atomic E-state index is 1.01. The highest BCUT2D eigenvalue weighted by molar-refractivity contribution is 7.15. The number of fused-ring (bicyclic) bond motifs is 1. The molecule has 3 aromatic heterocycles. The fourth-order valence-electron chi connectivity index (χ4n) is 3.93. The summed E-state index contributed by atoms with van der Waals surface area (Å²) in [5, 5.41) is 2.21. The van der Waals surface area contributed by atoms with Crippen molar-refractivity contribution in [3.05, 3.63) is 83.0 Å². The number of thiazole rings is 1. The molecule has 0 aliphatic rings. The molecule has 0 aliphatic heterocycles. The number of nitrogens with zero attached hydrogens (tertiary/aromatic N) is 2. The van der Waals surface area contributed by atoms with E-state index in [9.17, 15) is 0 Å². The van der Waals surface area contributed by atoms with Crippen molar-refractivity contribution in [2.75, 3.05) is 0 Å². The molecule has 5 aromatic rings. The summed E-state index contributed by atoms with van der Waals surface area (Å²) in [6.45, 7) is 6.46. The topological polar surface area (TPSA) is 41.6 Å². The smallest absolute Gasteiger partial charge is 0.125 e. The summed E-state index contributed by atoms with van der Waals surface area (Å²) in [6, 6.07) is 19.2. The van der Waals surface area contributed by atoms with Crippen LogP contribution in [0.3, 0.4) is 0 Å². The number of rotatable bonds is 3. The summed E-state index contributed by atoms with van der Waals surface area (Å²) >= 11 is 1.71. The monoisotopic (exact) mass is 395 g/mol. The highest BCUT2D eigenvalue weighted by Crippen LogP contribution is 2.35. The van der Waals surface area contributed by atoms with Gasteiger partial charge in [-0.05, 0) is 62.2 Å². The second-order valence-corrected chi connectivity index (χ2v) is 8.62. The van der Waals surface area contributed by atoms with Crippen LogP contribution in [0.15, 0.2) is 67.0 Å². The third-order valence-electron chi connectivity index (χ3n) is 5.35. The summed E-state index contributed by atoms with van der Waals surface area (Å²) in [5.74, 6) is 0. The highest BCUT2D eigenvalue weighted by atomic mass is 32.1. The highest BCUT2D eigenvalue weighted by Gasteiger charge is 2.14. The maximum Gasteiger partial charge on any atom is 0.125 e. The fourth-order valence-corrected chi connectivity index (χ4v) is 4.86. The lowest BCUT2D eigenvalue weighted by atomic mass is 10.00. The molecule has 0 unspecified atom stereocenters. The number of benzene rings is 2. The van der Waals surface area contributed by atoms with E-state index in [1.807, 2.05) is 12.3 Å². The molecule has 5 rings (SSSR count). The van der Waals surface area contributed by atoms with Crippen molar-refractivity contribution in [2.24, 2.45) is 0 Å². The molecule has 0 saturated heterocycles. The lowest BCUT2D eigenvalue weighted by molar-refractivity contribution is 1.31. The lowest BCUT2D eigenvalue weighted by Gasteiger charge is -2.07. The number of hydrogen-bond donors (Lipinski definition) is 1. The van der Waals surface area contributed by atoms with Crippen LogP contribution in [0.1, 0.15) is 16.0 Å². The molecule has 0 aliphatic carbocycles. The Hall–Kier alpha value is -3.24. The van der Waals surface area contributed by atoms with Crippen LogP contribution in [0.2, 0.25) is 0 Å². The average Bonchev–Trinajstić information content (AvgIpc) is 3.31. The van der Waals surface area contributed by atoms with E-state index in [4.69, 9.17) is 4.98 Å². The molecule has 29 heavy (non-hydrogen) atoms. The molecule has 0 bridgehead atoms. The van der Waals surface area contributed by atoms with Crippen molar-refractivity contribution in [3.63, 3.8) is 0 Å². The predicted molar refractivity (Wildman–Crippen MR) is 122 cm³/mol. The van der Waals surface area contributed by atoms with E-state index < -0.39 is 0 Å². The van der Waals surface area contributed by atoms with Crippen LogP contribution in [-0.2, 0) is 0 Å². The van der Waals surface area contributed by atoms with Gasteiger partial charge in [0.2, 0.25) is 0 Å². The Balaban J connectivity index is 1.59. The summed E-state index contributed by atoms with van der Waals surface area (Å²) in [5.41, 5.74) is 9.42. The number of aromatic amines is 1. The number of hydrogen-bond acceptors (Lipinski definition) is 3. The van der Waals surface area contributed by atoms with Gasteiger partial charge in [0.1, 0.15) is 5.01 Å². The number of pyridine rings is 1. The van der Waals surface area contributed by atoms with Crippen LogP contribution in [0, 0.1) is 20.8 Å². The lowest BCUT2D eigenvalue weighted by Crippen LogP contribution is -1.87. The molecular formula is C25H21N3S. The van der Waals surface area contributed by atoms with Crippen LogP contribution in [0.25, 0.3) is 44.0 Å². The molecule has 142 valence electrons. The molecule has 2 aromatic carbocycles. The third-order valence-corrected chi connectivity index (χ3v) is 6.37. The zero-order chi connectivity index (χ0) is 20.0. The van der Waals surface area contributed by atoms with E-state index in [1.165, 1.54) is 32.6 Å². The molecule has 0 saturated carbocycles. The molecule has 0 radical (unpaired) electrons. The van der Waals surface area contributed by atoms with Gasteiger partial charge >= 0.3 is 0 Å². The molecule has 0 spiro atoms. The largest absolute Gasteiger partial charge is 0.355 e. The van der Waals surface area contributed by atoms with E-state index in [0.717, 1.165) is 27.3 Å². The quantitative estimate of drug-likeness (QED) is 0.359. The van der Waals surface area contributed by atoms with Gasteiger partial charge in [-0.1, -0.05) is 24.3 Å². The van der Waals surface area contributed by atoms with Gasteiger partial charge < -0.3 is 4.98 Å². The first kappa shape index (κ1) is 17.8. The van der Waals surface area contributed by atoms with Gasteiger partial charge in [-0.15, -0.1) is 11.3 Å². The van der Waals surface area contributed by atoms with Gasteiger partial charge in [-0.2, -0.15) is 0 Å². The number of aryl methyl sites for hydroxylation is 3. The van der Waals surface area contributed by atoms with Crippen molar-refractivity contribution >= 4 is 22.2 Å². The second kappa shape index (κ2) is 6.98. The first-order valence-corrected chi connectivity index (χ1v) is 10.5. The average molecular weight is 396 g/mol. The van der Waals surface area contributed by atoms with Crippen molar-refractivity contribution in [3.8, 4) is 33.1 Å². The number of aromatic nitrogens is 3. The Morgan fingerprint density at radius 2 is 1.69 bits per heavy atom. The molecule has 0 atom stereocenters. The van der Waals surface area contributed by atoms with Crippen LogP contribution >= 0.6 is 11.3 Å². The number of nitrogens with one attached hydrogen (secondary N) is 1. The van der Waals surface area contributed by atoms with Crippen LogP contribution in [0.4, 0.5) is 0 Å². The summed E-state index contributed by atoms with van der Waals surface area (Å²) in [4.78, 5) is 13.9. The molecule has 4 heteroatoms. The molecule has 1 N–H and O–H groups in total. The van der Waals surface area contributed by atoms with E-state index in [-0.39, 0.29) is 0 Å². The van der Waals surface area contributed by atoms with Crippen LogP contribution < -0.4 is 0 Å². The minimum atomic E-state index is 1.01. The molecule has 0 amide bonds. The van der Waals surface area contributed by atoms with Crippen molar-refractivity contribution < 1.29 is 0 Å². The standard InChI is InChI=1S/C25H21N3S/c1-15-6-4-7-16(2)23(15)22-13-20-12-18(9-10-21(20)27-22)24-17(3)29-25(28-24)19-8-5-11-26-14-19/h4-14,27H,1-3H3. The van der Waals surface area contributed by atoms with Crippen LogP contribution in [0.5, 0.6) is 0 Å². The molecule has 0 fully saturated rings. The van der Waals surface area contributed by atoms with Crippen molar-refractivity contribution in [2.45, 2.75) is 20.8 Å². The second-order valence-electron chi connectivity index (χ2n) is 7.42. The van der Waals surface area contributed by atoms with Crippen molar-refractivity contribution in [1.29, 1.82) is 0 Å². The van der Waals surface area contributed by atoms with Gasteiger partial charge in [0, 0.05) is 50.6 Å². The summed E-state index contributed by atoms with van der Waals surface area (Å²) in [7, 11) is 0. The van der Waals surface area contributed by atoms with E-state index in [0.29, 0.717) is 0 Å². The molecular weight excluding hydrogens is 374 g/mol. The van der Waals surface area contributed by atoms with Gasteiger partial charge in [0.25, 0.3) is 0 Å².